The van der Waals surface area contributed by atoms with E-state index in [4.69, 9.17) is 10.5 Å². The highest BCUT2D eigenvalue weighted by Crippen LogP contribution is 2.26. The molecule has 2 aromatic rings. The smallest absolute Gasteiger partial charge is 0.145 e. The van der Waals surface area contributed by atoms with Crippen LogP contribution in [0.2, 0.25) is 0 Å². The highest BCUT2D eigenvalue weighted by atomic mass is 32.1. The Morgan fingerprint density at radius 2 is 1.90 bits per heavy atom. The number of anilines is 1. The highest BCUT2D eigenvalue weighted by molar-refractivity contribution is 7.10. The molecule has 0 saturated heterocycles. The lowest BCUT2D eigenvalue weighted by atomic mass is 10.1. The Morgan fingerprint density at radius 1 is 1.20 bits per heavy atom. The van der Waals surface area contributed by atoms with Crippen molar-refractivity contribution in [2.45, 2.75) is 6.10 Å². The summed E-state index contributed by atoms with van der Waals surface area (Å²) in [7, 11) is 0. The molecule has 0 amide bonds. The third-order valence-corrected chi connectivity index (χ3v) is 3.59. The Hall–Kier alpha value is -2.60. The van der Waals surface area contributed by atoms with Gasteiger partial charge in [-0.15, -0.1) is 11.3 Å². The van der Waals surface area contributed by atoms with Crippen LogP contribution in [0.5, 0.6) is 0 Å². The summed E-state index contributed by atoms with van der Waals surface area (Å²) in [5.41, 5.74) is 1.55. The number of hydrogen-bond donors (Lipinski definition) is 2. The Morgan fingerprint density at radius 3 is 2.45 bits per heavy atom. The number of nitrogens with one attached hydrogen (secondary N) is 1. The number of aliphatic hydroxyl groups excluding tert-OH is 1. The molecule has 1 aromatic heterocycles. The molecule has 5 heteroatoms. The van der Waals surface area contributed by atoms with Crippen LogP contribution in [0.15, 0.2) is 53.6 Å². The first-order chi connectivity index (χ1) is 9.74. The maximum Gasteiger partial charge on any atom is 0.145 e. The van der Waals surface area contributed by atoms with Gasteiger partial charge in [0.1, 0.15) is 23.8 Å². The van der Waals surface area contributed by atoms with Crippen LogP contribution in [-0.4, -0.2) is 5.11 Å². The topological polar surface area (TPSA) is 79.8 Å². The predicted molar refractivity (Wildman–Crippen MR) is 77.8 cm³/mol. The standard InChI is InChI=1S/C15H11N3OS/c16-8-11(9-17)10-18-13-5-3-12(4-6-13)15(19)14-2-1-7-20-14/h1-7,10,15,18-19H. The molecule has 1 aromatic carbocycles. The fourth-order valence-electron chi connectivity index (χ4n) is 1.62. The minimum atomic E-state index is -0.631. The van der Waals surface area contributed by atoms with Gasteiger partial charge >= 0.3 is 0 Å². The van der Waals surface area contributed by atoms with Crippen LogP contribution in [0.3, 0.4) is 0 Å². The van der Waals surface area contributed by atoms with Crippen molar-refractivity contribution in [2.24, 2.45) is 0 Å². The van der Waals surface area contributed by atoms with Crippen molar-refractivity contribution in [2.75, 3.05) is 5.32 Å². The number of hydrogen-bond acceptors (Lipinski definition) is 5. The first-order valence-electron chi connectivity index (χ1n) is 5.83. The van der Waals surface area contributed by atoms with Gasteiger partial charge in [-0.2, -0.15) is 10.5 Å². The summed E-state index contributed by atoms with van der Waals surface area (Å²) in [6.45, 7) is 0. The molecule has 0 aliphatic carbocycles. The zero-order valence-corrected chi connectivity index (χ0v) is 11.3. The molecule has 2 rings (SSSR count). The van der Waals surface area contributed by atoms with Crippen LogP contribution >= 0.6 is 11.3 Å². The molecular formula is C15H11N3OS. The van der Waals surface area contributed by atoms with Crippen LogP contribution in [0.25, 0.3) is 0 Å². The molecule has 1 heterocycles. The molecule has 0 bridgehead atoms. The van der Waals surface area contributed by atoms with Gasteiger partial charge in [0.05, 0.1) is 0 Å². The SMILES string of the molecule is N#CC(C#N)=CNc1ccc(C(O)c2cccs2)cc1. The summed E-state index contributed by atoms with van der Waals surface area (Å²) < 4.78 is 0. The molecule has 2 N–H and O–H groups in total. The molecule has 0 fully saturated rings. The summed E-state index contributed by atoms with van der Waals surface area (Å²) >= 11 is 1.50. The number of allylic oxidation sites excluding steroid dienone is 1. The first kappa shape index (κ1) is 13.8. The second-order valence-corrected chi connectivity index (χ2v) is 4.95. The summed E-state index contributed by atoms with van der Waals surface area (Å²) in [6, 6.07) is 14.5. The zero-order chi connectivity index (χ0) is 14.4. The van der Waals surface area contributed by atoms with E-state index in [0.29, 0.717) is 0 Å². The monoisotopic (exact) mass is 281 g/mol. The lowest BCUT2D eigenvalue weighted by molar-refractivity contribution is 0.224. The highest BCUT2D eigenvalue weighted by Gasteiger charge is 2.10. The van der Waals surface area contributed by atoms with Crippen molar-refractivity contribution in [3.8, 4) is 12.1 Å². The molecule has 1 atom stereocenters. The number of rotatable bonds is 4. The molecule has 0 aliphatic heterocycles. The van der Waals surface area contributed by atoms with Crippen molar-refractivity contribution < 1.29 is 5.11 Å². The van der Waals surface area contributed by atoms with E-state index in [0.717, 1.165) is 16.1 Å². The molecule has 20 heavy (non-hydrogen) atoms. The number of nitriles is 2. The molecule has 0 aliphatic rings. The Labute approximate surface area is 120 Å². The van der Waals surface area contributed by atoms with E-state index in [1.165, 1.54) is 17.5 Å². The fraction of sp³-hybridized carbons (Fsp3) is 0.0667. The van der Waals surface area contributed by atoms with Gasteiger partial charge in [0.2, 0.25) is 0 Å². The molecule has 98 valence electrons. The third kappa shape index (κ3) is 3.24. The van der Waals surface area contributed by atoms with Crippen molar-refractivity contribution in [1.82, 2.24) is 0 Å². The summed E-state index contributed by atoms with van der Waals surface area (Å²) in [6.07, 6.45) is 0.721. The van der Waals surface area contributed by atoms with Crippen LogP contribution in [-0.2, 0) is 0 Å². The second-order valence-electron chi connectivity index (χ2n) is 3.97. The van der Waals surface area contributed by atoms with Crippen molar-refractivity contribution in [3.63, 3.8) is 0 Å². The minimum Gasteiger partial charge on any atom is -0.383 e. The van der Waals surface area contributed by atoms with Crippen molar-refractivity contribution >= 4 is 17.0 Å². The van der Waals surface area contributed by atoms with Gasteiger partial charge < -0.3 is 10.4 Å². The second kappa shape index (κ2) is 6.53. The van der Waals surface area contributed by atoms with Gasteiger partial charge in [-0.05, 0) is 29.1 Å². The average molecular weight is 281 g/mol. The lowest BCUT2D eigenvalue weighted by Gasteiger charge is -2.09. The largest absolute Gasteiger partial charge is 0.383 e. The lowest BCUT2D eigenvalue weighted by Crippen LogP contribution is -1.97. The molecule has 4 nitrogen and oxygen atoms in total. The minimum absolute atomic E-state index is 0.00713. The molecule has 1 unspecified atom stereocenters. The van der Waals surface area contributed by atoms with Crippen LogP contribution < -0.4 is 5.32 Å². The van der Waals surface area contributed by atoms with E-state index < -0.39 is 6.10 Å². The van der Waals surface area contributed by atoms with Crippen molar-refractivity contribution in [3.05, 3.63) is 64.0 Å². The van der Waals surface area contributed by atoms with Crippen LogP contribution in [0.1, 0.15) is 16.5 Å². The van der Waals surface area contributed by atoms with E-state index in [-0.39, 0.29) is 5.57 Å². The maximum absolute atomic E-state index is 10.2. The van der Waals surface area contributed by atoms with Gasteiger partial charge in [0, 0.05) is 16.8 Å². The number of thiophene rings is 1. The Bertz CT molecular complexity index is 659. The van der Waals surface area contributed by atoms with Crippen LogP contribution in [0.4, 0.5) is 5.69 Å². The summed E-state index contributed by atoms with van der Waals surface area (Å²) in [5.74, 6) is 0. The molecule has 0 saturated carbocycles. The molecule has 0 radical (unpaired) electrons. The third-order valence-electron chi connectivity index (χ3n) is 2.66. The van der Waals surface area contributed by atoms with Gasteiger partial charge in [0.25, 0.3) is 0 Å². The van der Waals surface area contributed by atoms with Gasteiger partial charge in [-0.25, -0.2) is 0 Å². The first-order valence-corrected chi connectivity index (χ1v) is 6.71. The summed E-state index contributed by atoms with van der Waals surface area (Å²) in [4.78, 5) is 0.891. The van der Waals surface area contributed by atoms with E-state index in [1.807, 2.05) is 17.5 Å². The number of benzene rings is 1. The predicted octanol–water partition coefficient (Wildman–Crippen LogP) is 3.17. The quantitative estimate of drug-likeness (QED) is 0.843. The van der Waals surface area contributed by atoms with Gasteiger partial charge in [-0.3, -0.25) is 0 Å². The van der Waals surface area contributed by atoms with Crippen LogP contribution in [0, 0.1) is 22.7 Å². The molecular weight excluding hydrogens is 270 g/mol. The van der Waals surface area contributed by atoms with Gasteiger partial charge in [0.15, 0.2) is 0 Å². The number of nitrogens with zero attached hydrogens (tertiary/aromatic N) is 2. The van der Waals surface area contributed by atoms with E-state index >= 15 is 0 Å². The Balaban J connectivity index is 2.10. The average Bonchev–Trinajstić information content (AvgIpc) is 3.02. The Kier molecular flexibility index (Phi) is 4.52. The normalized spacial score (nSPS) is 10.9. The molecule has 0 spiro atoms. The fourth-order valence-corrected chi connectivity index (χ4v) is 2.35. The van der Waals surface area contributed by atoms with E-state index in [9.17, 15) is 5.11 Å². The van der Waals surface area contributed by atoms with E-state index in [1.54, 1.807) is 36.4 Å². The van der Waals surface area contributed by atoms with E-state index in [2.05, 4.69) is 5.32 Å². The zero-order valence-electron chi connectivity index (χ0n) is 10.4. The summed E-state index contributed by atoms with van der Waals surface area (Å²) in [5, 5.41) is 32.2. The number of aliphatic hydroxyl groups is 1. The maximum atomic E-state index is 10.2. The van der Waals surface area contributed by atoms with Crippen molar-refractivity contribution in [1.29, 1.82) is 10.5 Å². The van der Waals surface area contributed by atoms with Gasteiger partial charge in [-0.1, -0.05) is 18.2 Å².